The topological polar surface area (TPSA) is 93.7 Å². The van der Waals surface area contributed by atoms with Crippen molar-refractivity contribution in [3.8, 4) is 11.6 Å². The first-order valence-corrected chi connectivity index (χ1v) is 15.7. The summed E-state index contributed by atoms with van der Waals surface area (Å²) in [4.78, 5) is 10.3. The van der Waals surface area contributed by atoms with Crippen LogP contribution in [0.25, 0.3) is 0 Å². The lowest BCUT2D eigenvalue weighted by Gasteiger charge is -2.28. The van der Waals surface area contributed by atoms with Gasteiger partial charge in [-0.25, -0.2) is 18.4 Å². The number of sulfonamides is 1. The van der Waals surface area contributed by atoms with Crippen molar-refractivity contribution in [2.45, 2.75) is 56.2 Å². The minimum atomic E-state index is -4.87. The Balaban J connectivity index is 1.37. The summed E-state index contributed by atoms with van der Waals surface area (Å²) in [5.74, 6) is 0.562. The van der Waals surface area contributed by atoms with E-state index in [-0.39, 0.29) is 18.3 Å². The van der Waals surface area contributed by atoms with Gasteiger partial charge in [0.2, 0.25) is 5.82 Å². The number of piperidine rings is 1. The number of rotatable bonds is 9. The van der Waals surface area contributed by atoms with Crippen LogP contribution >= 0.6 is 11.6 Å². The number of alkyl halides is 3. The Labute approximate surface area is 248 Å². The van der Waals surface area contributed by atoms with Gasteiger partial charge in [0.15, 0.2) is 0 Å². The molecule has 2 aliphatic rings. The summed E-state index contributed by atoms with van der Waals surface area (Å²) < 4.78 is 81.4. The molecule has 1 aliphatic carbocycles. The molecule has 1 N–H and O–H groups in total. The van der Waals surface area contributed by atoms with Crippen molar-refractivity contribution in [3.05, 3.63) is 70.0 Å². The van der Waals surface area contributed by atoms with Gasteiger partial charge in [0.05, 0.1) is 33.5 Å². The zero-order valence-corrected chi connectivity index (χ0v) is 24.7. The van der Waals surface area contributed by atoms with Gasteiger partial charge in [0, 0.05) is 0 Å². The number of aryl methyl sites for hydroxylation is 2. The maximum absolute atomic E-state index is 13.6. The average molecular weight is 625 g/mol. The van der Waals surface area contributed by atoms with E-state index < -0.39 is 26.7 Å². The summed E-state index contributed by atoms with van der Waals surface area (Å²) in [5, 5.41) is 0.456. The highest BCUT2D eigenvalue weighted by molar-refractivity contribution is 7.92. The van der Waals surface area contributed by atoms with Crippen molar-refractivity contribution in [2.75, 3.05) is 31.5 Å². The Morgan fingerprint density at radius 3 is 2.43 bits per heavy atom. The lowest BCUT2D eigenvalue weighted by atomic mass is 9.98. The Hall–Kier alpha value is -3.09. The molecule has 1 aliphatic heterocycles. The molecule has 8 nitrogen and oxygen atoms in total. The fourth-order valence-corrected chi connectivity index (χ4v) is 6.49. The van der Waals surface area contributed by atoms with E-state index in [2.05, 4.69) is 26.6 Å². The van der Waals surface area contributed by atoms with Gasteiger partial charge in [-0.15, -0.1) is 0 Å². The molecule has 0 spiro atoms. The van der Waals surface area contributed by atoms with Gasteiger partial charge in [-0.05, 0) is 94.4 Å². The number of nitrogens with one attached hydrogen (secondary N) is 1. The SMILES string of the molecule is CN1CCC(COc2cc(COc3nc4c(nc3NS(=O)(=O)c3ccccc3C(F)(F)F)CCCC4)ccc2Cl)CC1. The van der Waals surface area contributed by atoms with Crippen LogP contribution in [0.4, 0.5) is 19.0 Å². The van der Waals surface area contributed by atoms with Crippen LogP contribution in [0.5, 0.6) is 11.6 Å². The number of likely N-dealkylation sites (tertiary alicyclic amines) is 1. The number of aromatic nitrogens is 2. The molecule has 0 radical (unpaired) electrons. The van der Waals surface area contributed by atoms with E-state index in [0.717, 1.165) is 57.0 Å². The third-order valence-corrected chi connectivity index (χ3v) is 9.20. The monoisotopic (exact) mass is 624 g/mol. The third kappa shape index (κ3) is 7.27. The van der Waals surface area contributed by atoms with Crippen LogP contribution in [-0.2, 0) is 35.6 Å². The largest absolute Gasteiger partial charge is 0.492 e. The molecular formula is C29H32ClF3N4O4S. The lowest BCUT2D eigenvalue weighted by molar-refractivity contribution is -0.139. The van der Waals surface area contributed by atoms with Gasteiger partial charge in [-0.2, -0.15) is 13.2 Å². The minimum absolute atomic E-state index is 0.0247. The number of hydrogen-bond donors (Lipinski definition) is 1. The van der Waals surface area contributed by atoms with Crippen LogP contribution in [0.15, 0.2) is 47.4 Å². The molecular weight excluding hydrogens is 593 g/mol. The molecule has 42 heavy (non-hydrogen) atoms. The highest BCUT2D eigenvalue weighted by Gasteiger charge is 2.37. The van der Waals surface area contributed by atoms with Crippen molar-refractivity contribution in [2.24, 2.45) is 5.92 Å². The second-order valence-corrected chi connectivity index (χ2v) is 12.7. The number of anilines is 1. The highest BCUT2D eigenvalue weighted by atomic mass is 35.5. The molecule has 2 heterocycles. The van der Waals surface area contributed by atoms with Gasteiger partial charge >= 0.3 is 6.18 Å². The standard InChI is InChI=1S/C29H32ClF3N4O4S/c1-37-14-12-19(13-15-37)17-40-25-16-20(10-11-22(25)30)18-41-28-27(34-23-7-3-4-8-24(23)35-28)36-42(38,39)26-9-5-2-6-21(26)29(31,32)33/h2,5-6,9-11,16,19H,3-4,7-8,12-15,17-18H2,1H3,(H,34,36). The molecule has 5 rings (SSSR count). The molecule has 1 fully saturated rings. The maximum atomic E-state index is 13.6. The number of halogens is 4. The number of nitrogens with zero attached hydrogens (tertiary/aromatic N) is 3. The fourth-order valence-electron chi connectivity index (χ4n) is 5.09. The molecule has 1 aromatic heterocycles. The zero-order chi connectivity index (χ0) is 29.9. The number of ether oxygens (including phenoxy) is 2. The van der Waals surface area contributed by atoms with Crippen LogP contribution in [0.2, 0.25) is 5.02 Å². The van der Waals surface area contributed by atoms with E-state index in [1.807, 2.05) is 0 Å². The molecule has 0 saturated carbocycles. The van der Waals surface area contributed by atoms with Gasteiger partial charge in [0.1, 0.15) is 12.4 Å². The number of benzene rings is 2. The van der Waals surface area contributed by atoms with Gasteiger partial charge < -0.3 is 14.4 Å². The van der Waals surface area contributed by atoms with E-state index in [9.17, 15) is 21.6 Å². The Morgan fingerprint density at radius 1 is 1.02 bits per heavy atom. The van der Waals surface area contributed by atoms with E-state index in [0.29, 0.717) is 53.1 Å². The van der Waals surface area contributed by atoms with Gasteiger partial charge in [-0.3, -0.25) is 4.72 Å². The molecule has 3 aromatic rings. The summed E-state index contributed by atoms with van der Waals surface area (Å²) in [6.07, 6.45) is 0.161. The second-order valence-electron chi connectivity index (χ2n) is 10.7. The predicted molar refractivity (Wildman–Crippen MR) is 152 cm³/mol. The Morgan fingerprint density at radius 2 is 1.71 bits per heavy atom. The van der Waals surface area contributed by atoms with Crippen LogP contribution in [0, 0.1) is 5.92 Å². The summed E-state index contributed by atoms with van der Waals surface area (Å²) in [6, 6.07) is 9.18. The van der Waals surface area contributed by atoms with Crippen LogP contribution in [0.3, 0.4) is 0 Å². The molecule has 0 bridgehead atoms. The van der Waals surface area contributed by atoms with E-state index in [1.165, 1.54) is 6.07 Å². The second kappa shape index (κ2) is 12.6. The highest BCUT2D eigenvalue weighted by Crippen LogP contribution is 2.36. The normalized spacial score (nSPS) is 16.6. The quantitative estimate of drug-likeness (QED) is 0.306. The number of hydrogen-bond acceptors (Lipinski definition) is 7. The summed E-state index contributed by atoms with van der Waals surface area (Å²) in [6.45, 7) is 2.55. The Kier molecular flexibility index (Phi) is 9.14. The number of fused-ring (bicyclic) bond motifs is 1. The molecule has 2 aromatic carbocycles. The summed E-state index contributed by atoms with van der Waals surface area (Å²) >= 11 is 6.38. The predicted octanol–water partition coefficient (Wildman–Crippen LogP) is 6.13. The first-order chi connectivity index (χ1) is 20.0. The summed E-state index contributed by atoms with van der Waals surface area (Å²) in [7, 11) is -2.59. The zero-order valence-electron chi connectivity index (χ0n) is 23.1. The van der Waals surface area contributed by atoms with Crippen molar-refractivity contribution >= 4 is 27.4 Å². The van der Waals surface area contributed by atoms with Crippen molar-refractivity contribution in [1.82, 2.24) is 14.9 Å². The van der Waals surface area contributed by atoms with Crippen LogP contribution in [-0.4, -0.2) is 50.0 Å². The minimum Gasteiger partial charge on any atom is -0.492 e. The van der Waals surface area contributed by atoms with Gasteiger partial charge in [0.25, 0.3) is 15.9 Å². The van der Waals surface area contributed by atoms with E-state index in [1.54, 1.807) is 18.2 Å². The smallest absolute Gasteiger partial charge is 0.417 e. The van der Waals surface area contributed by atoms with Crippen molar-refractivity contribution in [1.29, 1.82) is 0 Å². The third-order valence-electron chi connectivity index (χ3n) is 7.49. The fraction of sp³-hybridized carbons (Fsp3) is 0.448. The molecule has 226 valence electrons. The van der Waals surface area contributed by atoms with Gasteiger partial charge in [-0.1, -0.05) is 29.8 Å². The molecule has 0 amide bonds. The molecule has 13 heteroatoms. The molecule has 0 atom stereocenters. The average Bonchev–Trinajstić information content (AvgIpc) is 2.96. The first-order valence-electron chi connectivity index (χ1n) is 13.8. The summed E-state index contributed by atoms with van der Waals surface area (Å²) in [5.41, 5.74) is 0.674. The first kappa shape index (κ1) is 30.4. The van der Waals surface area contributed by atoms with Crippen LogP contribution < -0.4 is 14.2 Å². The maximum Gasteiger partial charge on any atom is 0.417 e. The van der Waals surface area contributed by atoms with E-state index in [4.69, 9.17) is 21.1 Å². The molecule has 0 unspecified atom stereocenters. The van der Waals surface area contributed by atoms with Crippen molar-refractivity contribution in [3.63, 3.8) is 0 Å². The van der Waals surface area contributed by atoms with E-state index >= 15 is 0 Å². The molecule has 1 saturated heterocycles. The Bertz CT molecular complexity index is 1530. The van der Waals surface area contributed by atoms with Crippen LogP contribution in [0.1, 0.15) is 48.2 Å². The lowest BCUT2D eigenvalue weighted by Crippen LogP contribution is -2.32. The van der Waals surface area contributed by atoms with Crippen molar-refractivity contribution < 1.29 is 31.1 Å².